The molecule has 4 heteroatoms. The fourth-order valence-electron chi connectivity index (χ4n) is 1.15. The van der Waals surface area contributed by atoms with E-state index < -0.39 is 6.10 Å². The van der Waals surface area contributed by atoms with E-state index in [1.807, 2.05) is 31.2 Å². The van der Waals surface area contributed by atoms with Gasteiger partial charge in [-0.15, -0.1) is 0 Å². The van der Waals surface area contributed by atoms with Crippen LogP contribution in [0.4, 0.5) is 0 Å². The van der Waals surface area contributed by atoms with Gasteiger partial charge in [0.2, 0.25) is 0 Å². The molecule has 1 aromatic carbocycles. The third-order valence-electron chi connectivity index (χ3n) is 1.97. The lowest BCUT2D eigenvalue weighted by Gasteiger charge is -2.12. The van der Waals surface area contributed by atoms with Gasteiger partial charge in [-0.1, -0.05) is 12.1 Å². The first-order chi connectivity index (χ1) is 6.15. The summed E-state index contributed by atoms with van der Waals surface area (Å²) < 4.78 is 5.05. The smallest absolute Gasteiger partial charge is 0.130 e. The summed E-state index contributed by atoms with van der Waals surface area (Å²) >= 11 is 0. The van der Waals surface area contributed by atoms with E-state index in [4.69, 9.17) is 4.74 Å². The SMILES string of the molecule is COc1cccc([C@@H](O)[C@H](C)[NH3+])c1.[Cl-]. The lowest BCUT2D eigenvalue weighted by Crippen LogP contribution is -3.00. The summed E-state index contributed by atoms with van der Waals surface area (Å²) in [6.45, 7) is 1.88. The van der Waals surface area contributed by atoms with Gasteiger partial charge in [0, 0.05) is 0 Å². The molecule has 0 unspecified atom stereocenters. The van der Waals surface area contributed by atoms with Crippen molar-refractivity contribution in [1.82, 2.24) is 0 Å². The highest BCUT2D eigenvalue weighted by atomic mass is 35.5. The zero-order valence-electron chi connectivity index (χ0n) is 8.40. The van der Waals surface area contributed by atoms with Crippen LogP contribution in [0.1, 0.15) is 18.6 Å². The predicted molar refractivity (Wildman–Crippen MR) is 50.3 cm³/mol. The number of halogens is 1. The molecule has 0 saturated heterocycles. The summed E-state index contributed by atoms with van der Waals surface area (Å²) in [6, 6.07) is 7.39. The number of hydrogen-bond donors (Lipinski definition) is 2. The Morgan fingerprint density at radius 3 is 2.57 bits per heavy atom. The number of aliphatic hydroxyl groups is 1. The van der Waals surface area contributed by atoms with E-state index >= 15 is 0 Å². The molecule has 0 amide bonds. The molecule has 0 aliphatic heterocycles. The average molecular weight is 218 g/mol. The van der Waals surface area contributed by atoms with Crippen LogP contribution in [0, 0.1) is 0 Å². The van der Waals surface area contributed by atoms with Gasteiger partial charge in [-0.2, -0.15) is 0 Å². The van der Waals surface area contributed by atoms with Crippen molar-refractivity contribution in [3.05, 3.63) is 29.8 Å². The van der Waals surface area contributed by atoms with Crippen LogP contribution in [-0.4, -0.2) is 18.3 Å². The molecule has 2 atom stereocenters. The number of hydrogen-bond acceptors (Lipinski definition) is 2. The van der Waals surface area contributed by atoms with Crippen LogP contribution in [0.3, 0.4) is 0 Å². The molecule has 0 radical (unpaired) electrons. The number of quaternary nitrogens is 1. The molecule has 1 rings (SSSR count). The second-order valence-electron chi connectivity index (χ2n) is 3.20. The highest BCUT2D eigenvalue weighted by Crippen LogP contribution is 2.19. The molecule has 0 fully saturated rings. The Labute approximate surface area is 90.3 Å². The highest BCUT2D eigenvalue weighted by Gasteiger charge is 2.15. The van der Waals surface area contributed by atoms with E-state index in [0.717, 1.165) is 11.3 Å². The maximum absolute atomic E-state index is 9.70. The number of methoxy groups -OCH3 is 1. The first kappa shape index (κ1) is 13.2. The standard InChI is InChI=1S/C10H15NO2.ClH/c1-7(11)10(12)8-4-3-5-9(6-8)13-2;/h3-7,10,12H,11H2,1-2H3;1H/t7-,10-;/m0./s1. The minimum Gasteiger partial charge on any atom is -1.00 e. The van der Waals surface area contributed by atoms with Crippen molar-refractivity contribution in [2.75, 3.05) is 7.11 Å². The molecule has 1 aromatic rings. The van der Waals surface area contributed by atoms with Gasteiger partial charge < -0.3 is 28.0 Å². The van der Waals surface area contributed by atoms with Gasteiger partial charge in [0.15, 0.2) is 0 Å². The first-order valence-corrected chi connectivity index (χ1v) is 4.30. The number of ether oxygens (including phenoxy) is 1. The van der Waals surface area contributed by atoms with E-state index in [1.165, 1.54) is 0 Å². The second-order valence-corrected chi connectivity index (χ2v) is 3.20. The summed E-state index contributed by atoms with van der Waals surface area (Å²) in [6.07, 6.45) is -0.518. The molecule has 0 spiro atoms. The van der Waals surface area contributed by atoms with E-state index in [1.54, 1.807) is 7.11 Å². The third-order valence-corrected chi connectivity index (χ3v) is 1.97. The topological polar surface area (TPSA) is 57.1 Å². The van der Waals surface area contributed by atoms with Gasteiger partial charge in [0.25, 0.3) is 0 Å². The third kappa shape index (κ3) is 3.18. The van der Waals surface area contributed by atoms with Crippen LogP contribution >= 0.6 is 0 Å². The molecule has 4 N–H and O–H groups in total. The van der Waals surface area contributed by atoms with Crippen LogP contribution in [0.15, 0.2) is 24.3 Å². The fourth-order valence-corrected chi connectivity index (χ4v) is 1.15. The maximum Gasteiger partial charge on any atom is 0.130 e. The lowest BCUT2D eigenvalue weighted by molar-refractivity contribution is -0.433. The fraction of sp³-hybridized carbons (Fsp3) is 0.400. The van der Waals surface area contributed by atoms with E-state index in [2.05, 4.69) is 5.73 Å². The van der Waals surface area contributed by atoms with E-state index in [9.17, 15) is 5.11 Å². The number of benzene rings is 1. The zero-order chi connectivity index (χ0) is 9.84. The molecule has 0 saturated carbocycles. The van der Waals surface area contributed by atoms with Gasteiger partial charge in [-0.3, -0.25) is 0 Å². The van der Waals surface area contributed by atoms with Crippen LogP contribution in [0.25, 0.3) is 0 Å². The predicted octanol–water partition coefficient (Wildman–Crippen LogP) is -2.64. The Kier molecular flexibility index (Phi) is 5.53. The largest absolute Gasteiger partial charge is 1.00 e. The van der Waals surface area contributed by atoms with Gasteiger partial charge in [0.1, 0.15) is 17.9 Å². The molecule has 0 aliphatic rings. The molecule has 80 valence electrons. The highest BCUT2D eigenvalue weighted by molar-refractivity contribution is 5.30. The van der Waals surface area contributed by atoms with Gasteiger partial charge in [-0.05, 0) is 24.6 Å². The van der Waals surface area contributed by atoms with Crippen LogP contribution in [0.5, 0.6) is 5.75 Å². The Morgan fingerprint density at radius 2 is 2.07 bits per heavy atom. The molecular weight excluding hydrogens is 202 g/mol. The van der Waals surface area contributed by atoms with Crippen LogP contribution < -0.4 is 22.9 Å². The molecule has 0 aliphatic carbocycles. The molecule has 3 nitrogen and oxygen atoms in total. The summed E-state index contributed by atoms with van der Waals surface area (Å²) in [4.78, 5) is 0. The monoisotopic (exact) mass is 217 g/mol. The normalized spacial score (nSPS) is 14.0. The Morgan fingerprint density at radius 1 is 1.43 bits per heavy atom. The quantitative estimate of drug-likeness (QED) is 0.582. The van der Waals surface area contributed by atoms with Crippen molar-refractivity contribution >= 4 is 0 Å². The summed E-state index contributed by atoms with van der Waals surface area (Å²) in [5, 5.41) is 9.70. The van der Waals surface area contributed by atoms with E-state index in [0.29, 0.717) is 0 Å². The summed E-state index contributed by atoms with van der Waals surface area (Å²) in [7, 11) is 1.61. The van der Waals surface area contributed by atoms with Crippen LogP contribution in [0.2, 0.25) is 0 Å². The minimum absolute atomic E-state index is 0. The summed E-state index contributed by atoms with van der Waals surface area (Å²) in [5.41, 5.74) is 4.63. The van der Waals surface area contributed by atoms with Gasteiger partial charge in [0.05, 0.1) is 7.11 Å². The average Bonchev–Trinajstić information content (AvgIpc) is 2.16. The van der Waals surface area contributed by atoms with Crippen molar-refractivity contribution in [2.24, 2.45) is 0 Å². The zero-order valence-corrected chi connectivity index (χ0v) is 9.16. The summed E-state index contributed by atoms with van der Waals surface area (Å²) in [5.74, 6) is 0.761. The second kappa shape index (κ2) is 5.86. The Balaban J connectivity index is 0.00000169. The molecule has 0 bridgehead atoms. The molecule has 0 heterocycles. The van der Waals surface area contributed by atoms with Gasteiger partial charge >= 0.3 is 0 Å². The van der Waals surface area contributed by atoms with Crippen molar-refractivity contribution in [2.45, 2.75) is 19.1 Å². The van der Waals surface area contributed by atoms with Crippen molar-refractivity contribution in [3.8, 4) is 5.75 Å². The van der Waals surface area contributed by atoms with Gasteiger partial charge in [-0.25, -0.2) is 0 Å². The van der Waals surface area contributed by atoms with Crippen LogP contribution in [-0.2, 0) is 0 Å². The Bertz CT molecular complexity index is 279. The lowest BCUT2D eigenvalue weighted by atomic mass is 10.0. The maximum atomic E-state index is 9.70. The van der Waals surface area contributed by atoms with Crippen molar-refractivity contribution in [1.29, 1.82) is 0 Å². The number of rotatable bonds is 3. The Hall–Kier alpha value is -0.770. The first-order valence-electron chi connectivity index (χ1n) is 4.30. The van der Waals surface area contributed by atoms with Crippen molar-refractivity contribution in [3.63, 3.8) is 0 Å². The number of aliphatic hydroxyl groups excluding tert-OH is 1. The van der Waals surface area contributed by atoms with E-state index in [-0.39, 0.29) is 18.4 Å². The van der Waals surface area contributed by atoms with Crippen molar-refractivity contribution < 1.29 is 28.0 Å². The molecular formula is C10H16ClNO2. The minimum atomic E-state index is -0.518. The molecule has 0 aromatic heterocycles. The molecule has 14 heavy (non-hydrogen) atoms.